The Kier molecular flexibility index (Phi) is 3.34. The first-order valence-corrected chi connectivity index (χ1v) is 5.31. The topological polar surface area (TPSA) is 38.9 Å². The fraction of sp³-hybridized carbons (Fsp3) is 0.154. The molecule has 2 aromatic rings. The Morgan fingerprint density at radius 3 is 2.17 bits per heavy atom. The SMILES string of the molecule is N[C@H](c1ccc(-c2cccnc2)cc1)C(F)(F)F. The van der Waals surface area contributed by atoms with Gasteiger partial charge in [-0.3, -0.25) is 4.98 Å². The van der Waals surface area contributed by atoms with Crippen LogP contribution in [-0.2, 0) is 0 Å². The minimum atomic E-state index is -4.42. The Morgan fingerprint density at radius 1 is 1.00 bits per heavy atom. The molecular weight excluding hydrogens is 241 g/mol. The summed E-state index contributed by atoms with van der Waals surface area (Å²) in [6.07, 6.45) is -1.13. The second kappa shape index (κ2) is 4.78. The molecule has 0 saturated heterocycles. The van der Waals surface area contributed by atoms with E-state index in [4.69, 9.17) is 5.73 Å². The monoisotopic (exact) mass is 252 g/mol. The molecule has 2 rings (SSSR count). The summed E-state index contributed by atoms with van der Waals surface area (Å²) in [7, 11) is 0. The first-order valence-electron chi connectivity index (χ1n) is 5.31. The summed E-state index contributed by atoms with van der Waals surface area (Å²) in [5, 5.41) is 0. The highest BCUT2D eigenvalue weighted by molar-refractivity contribution is 5.62. The highest BCUT2D eigenvalue weighted by atomic mass is 19.4. The summed E-state index contributed by atoms with van der Waals surface area (Å²) < 4.78 is 37.3. The molecule has 0 aliphatic rings. The second-order valence-corrected chi connectivity index (χ2v) is 3.88. The third kappa shape index (κ3) is 2.68. The molecule has 1 aromatic heterocycles. The molecular formula is C13H11F3N2. The van der Waals surface area contributed by atoms with Crippen molar-refractivity contribution in [3.05, 3.63) is 54.4 Å². The van der Waals surface area contributed by atoms with Gasteiger partial charge in [0.15, 0.2) is 0 Å². The number of aromatic nitrogens is 1. The molecule has 0 radical (unpaired) electrons. The molecule has 0 amide bonds. The standard InChI is InChI=1S/C13H11F3N2/c14-13(15,16)12(17)10-5-3-9(4-6-10)11-2-1-7-18-8-11/h1-8,12H,17H2/t12-/m1/s1. The molecule has 94 valence electrons. The van der Waals surface area contributed by atoms with Crippen molar-refractivity contribution in [1.82, 2.24) is 4.98 Å². The molecule has 2 N–H and O–H groups in total. The number of nitrogens with zero attached hydrogens (tertiary/aromatic N) is 1. The van der Waals surface area contributed by atoms with Gasteiger partial charge in [0.2, 0.25) is 0 Å². The molecule has 0 unspecified atom stereocenters. The van der Waals surface area contributed by atoms with Crippen LogP contribution in [0.15, 0.2) is 48.8 Å². The number of pyridine rings is 1. The molecule has 0 saturated carbocycles. The van der Waals surface area contributed by atoms with E-state index in [1.807, 2.05) is 6.07 Å². The van der Waals surface area contributed by atoms with Gasteiger partial charge in [0.25, 0.3) is 0 Å². The molecule has 0 aliphatic carbocycles. The van der Waals surface area contributed by atoms with Crippen molar-refractivity contribution >= 4 is 0 Å². The number of hydrogen-bond acceptors (Lipinski definition) is 2. The van der Waals surface area contributed by atoms with E-state index in [-0.39, 0.29) is 5.56 Å². The Labute approximate surface area is 102 Å². The summed E-state index contributed by atoms with van der Waals surface area (Å²) in [6, 6.07) is 7.66. The maximum atomic E-state index is 12.4. The van der Waals surface area contributed by atoms with Crippen molar-refractivity contribution in [3.63, 3.8) is 0 Å². The van der Waals surface area contributed by atoms with E-state index in [1.165, 1.54) is 12.1 Å². The van der Waals surface area contributed by atoms with Crippen LogP contribution < -0.4 is 5.73 Å². The molecule has 1 heterocycles. The predicted octanol–water partition coefficient (Wildman–Crippen LogP) is 3.31. The van der Waals surface area contributed by atoms with Gasteiger partial charge in [-0.15, -0.1) is 0 Å². The first-order chi connectivity index (χ1) is 8.48. The maximum Gasteiger partial charge on any atom is 0.407 e. The van der Waals surface area contributed by atoms with Crippen LogP contribution in [0.5, 0.6) is 0 Å². The summed E-state index contributed by atoms with van der Waals surface area (Å²) in [4.78, 5) is 3.95. The minimum Gasteiger partial charge on any atom is -0.316 e. The average molecular weight is 252 g/mol. The third-order valence-electron chi connectivity index (χ3n) is 2.62. The summed E-state index contributed by atoms with van der Waals surface area (Å²) in [5.74, 6) is 0. The maximum absolute atomic E-state index is 12.4. The number of nitrogens with two attached hydrogens (primary N) is 1. The van der Waals surface area contributed by atoms with Gasteiger partial charge in [-0.1, -0.05) is 30.3 Å². The van der Waals surface area contributed by atoms with Gasteiger partial charge in [-0.25, -0.2) is 0 Å². The zero-order chi connectivity index (χ0) is 13.2. The van der Waals surface area contributed by atoms with Crippen LogP contribution in [-0.4, -0.2) is 11.2 Å². The highest BCUT2D eigenvalue weighted by Crippen LogP contribution is 2.31. The molecule has 0 bridgehead atoms. The largest absolute Gasteiger partial charge is 0.407 e. The van der Waals surface area contributed by atoms with E-state index in [0.29, 0.717) is 0 Å². The van der Waals surface area contributed by atoms with Crippen LogP contribution in [0.2, 0.25) is 0 Å². The highest BCUT2D eigenvalue weighted by Gasteiger charge is 2.37. The number of hydrogen-bond donors (Lipinski definition) is 1. The molecule has 1 atom stereocenters. The van der Waals surface area contributed by atoms with Gasteiger partial charge in [0.1, 0.15) is 6.04 Å². The Hall–Kier alpha value is -1.88. The van der Waals surface area contributed by atoms with E-state index in [2.05, 4.69) is 4.98 Å². The minimum absolute atomic E-state index is 0.0511. The number of benzene rings is 1. The fourth-order valence-corrected chi connectivity index (χ4v) is 1.61. The van der Waals surface area contributed by atoms with Gasteiger partial charge in [-0.05, 0) is 22.8 Å². The quantitative estimate of drug-likeness (QED) is 0.890. The Balaban J connectivity index is 2.26. The zero-order valence-electron chi connectivity index (χ0n) is 9.35. The van der Waals surface area contributed by atoms with Gasteiger partial charge in [0.05, 0.1) is 0 Å². The molecule has 0 spiro atoms. The van der Waals surface area contributed by atoms with E-state index in [9.17, 15) is 13.2 Å². The van der Waals surface area contributed by atoms with E-state index < -0.39 is 12.2 Å². The lowest BCUT2D eigenvalue weighted by Gasteiger charge is -2.16. The van der Waals surface area contributed by atoms with Crippen molar-refractivity contribution < 1.29 is 13.2 Å². The normalized spacial score (nSPS) is 13.3. The predicted molar refractivity (Wildman–Crippen MR) is 62.7 cm³/mol. The van der Waals surface area contributed by atoms with Crippen molar-refractivity contribution in [3.8, 4) is 11.1 Å². The van der Waals surface area contributed by atoms with Crippen LogP contribution in [0.25, 0.3) is 11.1 Å². The van der Waals surface area contributed by atoms with Gasteiger partial charge >= 0.3 is 6.18 Å². The fourth-order valence-electron chi connectivity index (χ4n) is 1.61. The average Bonchev–Trinajstić information content (AvgIpc) is 2.38. The lowest BCUT2D eigenvalue weighted by molar-refractivity contribution is -0.149. The smallest absolute Gasteiger partial charge is 0.316 e. The van der Waals surface area contributed by atoms with Gasteiger partial charge in [0, 0.05) is 12.4 Å². The number of halogens is 3. The van der Waals surface area contributed by atoms with Crippen molar-refractivity contribution in [2.75, 3.05) is 0 Å². The van der Waals surface area contributed by atoms with Crippen LogP contribution in [0.4, 0.5) is 13.2 Å². The van der Waals surface area contributed by atoms with Crippen molar-refractivity contribution in [1.29, 1.82) is 0 Å². The molecule has 18 heavy (non-hydrogen) atoms. The van der Waals surface area contributed by atoms with Crippen LogP contribution in [0.3, 0.4) is 0 Å². The van der Waals surface area contributed by atoms with E-state index >= 15 is 0 Å². The molecule has 0 fully saturated rings. The lowest BCUT2D eigenvalue weighted by Crippen LogP contribution is -2.28. The van der Waals surface area contributed by atoms with Crippen molar-refractivity contribution in [2.45, 2.75) is 12.2 Å². The van der Waals surface area contributed by atoms with Gasteiger partial charge < -0.3 is 5.73 Å². The Morgan fingerprint density at radius 2 is 1.67 bits per heavy atom. The molecule has 1 aromatic carbocycles. The molecule has 0 aliphatic heterocycles. The Bertz CT molecular complexity index is 506. The van der Waals surface area contributed by atoms with Crippen LogP contribution >= 0.6 is 0 Å². The van der Waals surface area contributed by atoms with Gasteiger partial charge in [-0.2, -0.15) is 13.2 Å². The number of rotatable bonds is 2. The zero-order valence-corrected chi connectivity index (χ0v) is 9.35. The summed E-state index contributed by atoms with van der Waals surface area (Å²) >= 11 is 0. The lowest BCUT2D eigenvalue weighted by atomic mass is 10.0. The van der Waals surface area contributed by atoms with Crippen LogP contribution in [0.1, 0.15) is 11.6 Å². The van der Waals surface area contributed by atoms with Crippen LogP contribution in [0, 0.1) is 0 Å². The second-order valence-electron chi connectivity index (χ2n) is 3.88. The third-order valence-corrected chi connectivity index (χ3v) is 2.62. The molecule has 5 heteroatoms. The summed E-state index contributed by atoms with van der Waals surface area (Å²) in [6.45, 7) is 0. The van der Waals surface area contributed by atoms with Crippen molar-refractivity contribution in [2.24, 2.45) is 5.73 Å². The van der Waals surface area contributed by atoms with E-state index in [1.54, 1.807) is 30.6 Å². The number of alkyl halides is 3. The first kappa shape index (κ1) is 12.6. The van der Waals surface area contributed by atoms with E-state index in [0.717, 1.165) is 11.1 Å². The molecule has 2 nitrogen and oxygen atoms in total. The summed E-state index contributed by atoms with van der Waals surface area (Å²) in [5.41, 5.74) is 6.83.